The molecular formula is C23H31NO3. The number of methoxy groups -OCH3 is 1. The highest BCUT2D eigenvalue weighted by molar-refractivity contribution is 5.94. The molecule has 0 spiro atoms. The molecule has 0 aliphatic heterocycles. The highest BCUT2D eigenvalue weighted by Gasteiger charge is 2.14. The molecule has 0 saturated carbocycles. The molecule has 0 atom stereocenters. The van der Waals surface area contributed by atoms with Crippen molar-refractivity contribution in [2.45, 2.75) is 52.6 Å². The van der Waals surface area contributed by atoms with Crippen molar-refractivity contribution < 1.29 is 14.3 Å². The molecule has 2 aromatic carbocycles. The van der Waals surface area contributed by atoms with Gasteiger partial charge >= 0.3 is 0 Å². The van der Waals surface area contributed by atoms with E-state index in [2.05, 4.69) is 45.1 Å². The summed E-state index contributed by atoms with van der Waals surface area (Å²) in [5, 5.41) is 2.94. The van der Waals surface area contributed by atoms with Crippen molar-refractivity contribution in [2.75, 3.05) is 13.7 Å². The summed E-state index contributed by atoms with van der Waals surface area (Å²) in [4.78, 5) is 12.3. The van der Waals surface area contributed by atoms with Crippen LogP contribution in [0.4, 0.5) is 0 Å². The molecule has 2 rings (SSSR count). The summed E-state index contributed by atoms with van der Waals surface area (Å²) in [5.74, 6) is 1.44. The Hall–Kier alpha value is -2.49. The number of amides is 1. The molecule has 4 nitrogen and oxygen atoms in total. The molecule has 0 aromatic heterocycles. The molecule has 1 N–H and O–H groups in total. The molecule has 0 radical (unpaired) electrons. The minimum absolute atomic E-state index is 0.0677. The van der Waals surface area contributed by atoms with Crippen molar-refractivity contribution in [1.29, 1.82) is 0 Å². The topological polar surface area (TPSA) is 47.6 Å². The predicted octanol–water partition coefficient (Wildman–Crippen LogP) is 5.10. The highest BCUT2D eigenvalue weighted by atomic mass is 16.5. The molecular weight excluding hydrogens is 338 g/mol. The molecule has 0 bridgehead atoms. The van der Waals surface area contributed by atoms with E-state index < -0.39 is 0 Å². The number of rotatable bonds is 8. The fourth-order valence-electron chi connectivity index (χ4n) is 2.73. The normalized spacial score (nSPS) is 11.1. The van der Waals surface area contributed by atoms with Crippen LogP contribution in [0.2, 0.25) is 0 Å². The fourth-order valence-corrected chi connectivity index (χ4v) is 2.73. The van der Waals surface area contributed by atoms with Gasteiger partial charge in [-0.05, 0) is 47.7 Å². The largest absolute Gasteiger partial charge is 0.496 e. The van der Waals surface area contributed by atoms with Gasteiger partial charge in [0.05, 0.1) is 7.11 Å². The van der Waals surface area contributed by atoms with Crippen molar-refractivity contribution in [1.82, 2.24) is 5.32 Å². The third-order valence-electron chi connectivity index (χ3n) is 4.47. The Morgan fingerprint density at radius 3 is 2.37 bits per heavy atom. The first-order chi connectivity index (χ1) is 12.8. The van der Waals surface area contributed by atoms with Gasteiger partial charge in [-0.25, -0.2) is 0 Å². The lowest BCUT2D eigenvalue weighted by molar-refractivity contribution is 0.0953. The van der Waals surface area contributed by atoms with Crippen LogP contribution in [0.25, 0.3) is 0 Å². The number of benzene rings is 2. The summed E-state index contributed by atoms with van der Waals surface area (Å²) >= 11 is 0. The Kier molecular flexibility index (Phi) is 7.28. The van der Waals surface area contributed by atoms with Gasteiger partial charge in [0.2, 0.25) is 0 Å². The van der Waals surface area contributed by atoms with Gasteiger partial charge in [0.25, 0.3) is 5.91 Å². The maximum Gasteiger partial charge on any atom is 0.251 e. The first-order valence-corrected chi connectivity index (χ1v) is 9.53. The Bertz CT molecular complexity index is 745. The van der Waals surface area contributed by atoms with Gasteiger partial charge in [-0.15, -0.1) is 0 Å². The summed E-state index contributed by atoms with van der Waals surface area (Å²) in [6, 6.07) is 13.6. The molecule has 4 heteroatoms. The highest BCUT2D eigenvalue weighted by Crippen LogP contribution is 2.26. The molecule has 2 aromatic rings. The third kappa shape index (κ3) is 6.02. The lowest BCUT2D eigenvalue weighted by atomic mass is 9.87. The average molecular weight is 370 g/mol. The van der Waals surface area contributed by atoms with Crippen molar-refractivity contribution in [3.05, 3.63) is 59.2 Å². The second-order valence-electron chi connectivity index (χ2n) is 7.70. The standard InChI is InChI=1S/C23H31NO3/c1-6-7-14-24-22(25)17-8-13-21(26-5)18(15-17)16-27-20-11-9-19(10-12-20)23(2,3)4/h8-13,15H,6-7,14,16H2,1-5H3,(H,24,25). The van der Waals surface area contributed by atoms with Crippen molar-refractivity contribution in [3.63, 3.8) is 0 Å². The van der Waals surface area contributed by atoms with Gasteiger partial charge in [0, 0.05) is 17.7 Å². The lowest BCUT2D eigenvalue weighted by Crippen LogP contribution is -2.24. The quantitative estimate of drug-likeness (QED) is 0.659. The van der Waals surface area contributed by atoms with Crippen LogP contribution in [-0.2, 0) is 12.0 Å². The van der Waals surface area contributed by atoms with Crippen molar-refractivity contribution >= 4 is 5.91 Å². The van der Waals surface area contributed by atoms with E-state index >= 15 is 0 Å². The summed E-state index contributed by atoms with van der Waals surface area (Å²) in [6.07, 6.45) is 2.03. The molecule has 0 fully saturated rings. The number of carbonyl (C=O) groups excluding carboxylic acids is 1. The molecule has 0 aliphatic rings. The minimum atomic E-state index is -0.0677. The number of hydrogen-bond acceptors (Lipinski definition) is 3. The maximum absolute atomic E-state index is 12.3. The van der Waals surface area contributed by atoms with E-state index in [0.717, 1.165) is 24.2 Å². The van der Waals surface area contributed by atoms with E-state index in [-0.39, 0.29) is 11.3 Å². The van der Waals surface area contributed by atoms with E-state index in [1.807, 2.05) is 24.3 Å². The fraction of sp³-hybridized carbons (Fsp3) is 0.435. The van der Waals surface area contributed by atoms with Crippen LogP contribution in [-0.4, -0.2) is 19.6 Å². The molecule has 0 heterocycles. The second-order valence-corrected chi connectivity index (χ2v) is 7.70. The Balaban J connectivity index is 2.08. The van der Waals surface area contributed by atoms with E-state index in [1.54, 1.807) is 13.2 Å². The van der Waals surface area contributed by atoms with Crippen molar-refractivity contribution in [3.8, 4) is 11.5 Å². The summed E-state index contributed by atoms with van der Waals surface area (Å²) in [7, 11) is 1.62. The zero-order valence-electron chi connectivity index (χ0n) is 17.1. The van der Waals surface area contributed by atoms with Gasteiger partial charge in [0.1, 0.15) is 18.1 Å². The van der Waals surface area contributed by atoms with Gasteiger partial charge in [-0.2, -0.15) is 0 Å². The first kappa shape index (κ1) is 20.8. The minimum Gasteiger partial charge on any atom is -0.496 e. The number of carbonyl (C=O) groups is 1. The molecule has 0 aliphatic carbocycles. The Labute approximate surface area is 162 Å². The van der Waals surface area contributed by atoms with Crippen LogP contribution in [0.1, 0.15) is 62.0 Å². The molecule has 27 heavy (non-hydrogen) atoms. The van der Waals surface area contributed by atoms with Gasteiger partial charge < -0.3 is 14.8 Å². The van der Waals surface area contributed by atoms with Gasteiger partial charge in [-0.3, -0.25) is 4.79 Å². The van der Waals surface area contributed by atoms with Gasteiger partial charge in [-0.1, -0.05) is 46.2 Å². The van der Waals surface area contributed by atoms with Crippen LogP contribution in [0, 0.1) is 0 Å². The number of unbranched alkanes of at least 4 members (excludes halogenated alkanes) is 1. The zero-order chi connectivity index (χ0) is 19.9. The zero-order valence-corrected chi connectivity index (χ0v) is 17.1. The number of ether oxygens (including phenoxy) is 2. The molecule has 0 saturated heterocycles. The predicted molar refractivity (Wildman–Crippen MR) is 110 cm³/mol. The van der Waals surface area contributed by atoms with E-state index in [9.17, 15) is 4.79 Å². The molecule has 0 unspecified atom stereocenters. The van der Waals surface area contributed by atoms with Crippen LogP contribution >= 0.6 is 0 Å². The van der Waals surface area contributed by atoms with Crippen LogP contribution in [0.5, 0.6) is 11.5 Å². The maximum atomic E-state index is 12.3. The van der Waals surface area contributed by atoms with Crippen LogP contribution in [0.15, 0.2) is 42.5 Å². The second kappa shape index (κ2) is 9.45. The van der Waals surface area contributed by atoms with Gasteiger partial charge in [0.15, 0.2) is 0 Å². The van der Waals surface area contributed by atoms with E-state index in [1.165, 1.54) is 5.56 Å². The Morgan fingerprint density at radius 1 is 1.07 bits per heavy atom. The number of nitrogens with one attached hydrogen (secondary N) is 1. The number of hydrogen-bond donors (Lipinski definition) is 1. The smallest absolute Gasteiger partial charge is 0.251 e. The molecule has 1 amide bonds. The molecule has 146 valence electrons. The average Bonchev–Trinajstić information content (AvgIpc) is 2.65. The summed E-state index contributed by atoms with van der Waals surface area (Å²) in [6.45, 7) is 9.69. The van der Waals surface area contributed by atoms with Crippen LogP contribution < -0.4 is 14.8 Å². The van der Waals surface area contributed by atoms with Crippen molar-refractivity contribution in [2.24, 2.45) is 0 Å². The summed E-state index contributed by atoms with van der Waals surface area (Å²) < 4.78 is 11.3. The van der Waals surface area contributed by atoms with E-state index in [4.69, 9.17) is 9.47 Å². The van der Waals surface area contributed by atoms with Crippen LogP contribution in [0.3, 0.4) is 0 Å². The first-order valence-electron chi connectivity index (χ1n) is 9.53. The Morgan fingerprint density at radius 2 is 1.78 bits per heavy atom. The van der Waals surface area contributed by atoms with E-state index in [0.29, 0.717) is 24.5 Å². The summed E-state index contributed by atoms with van der Waals surface area (Å²) in [5.41, 5.74) is 2.84. The third-order valence-corrected chi connectivity index (χ3v) is 4.47. The SMILES string of the molecule is CCCCNC(=O)c1ccc(OC)c(COc2ccc(C(C)(C)C)cc2)c1. The monoisotopic (exact) mass is 369 g/mol. The lowest BCUT2D eigenvalue weighted by Gasteiger charge is -2.19.